The van der Waals surface area contributed by atoms with E-state index in [2.05, 4.69) is 54.6 Å². The fourth-order valence-corrected chi connectivity index (χ4v) is 6.60. The second-order valence-corrected chi connectivity index (χ2v) is 11.8. The Morgan fingerprint density at radius 2 is 0.938 bits per heavy atom. The van der Waals surface area contributed by atoms with Crippen LogP contribution in [-0.2, 0) is 0 Å². The van der Waals surface area contributed by atoms with Crippen LogP contribution in [0.5, 0.6) is 0 Å². The molecule has 0 N–H and O–H groups in total. The monoisotopic (exact) mass is 617 g/mol. The molecule has 0 saturated carbocycles. The molecule has 0 atom stereocenters. The molecule has 0 aliphatic rings. The molecule has 48 heavy (non-hydrogen) atoms. The molecule has 0 bridgehead atoms. The standard InChI is InChI=1S/C46H31NO/c1-2-10-32(11-3-1)33-20-26-37(27-21-33)47(38-28-22-35(23-29-38)41-16-8-13-34-12-4-5-14-40(34)41)39-30-24-36(25-31-39)42-17-9-18-44-43-15-6-7-19-45(43)48-46(42)44/h1-31H/i24D,25D,30D,31D. The Labute approximate surface area is 285 Å². The molecule has 0 fully saturated rings. The summed E-state index contributed by atoms with van der Waals surface area (Å²) in [5, 5.41) is 4.11. The largest absolute Gasteiger partial charge is 0.455 e. The highest BCUT2D eigenvalue weighted by molar-refractivity contribution is 6.09. The summed E-state index contributed by atoms with van der Waals surface area (Å²) in [7, 11) is 0. The van der Waals surface area contributed by atoms with Gasteiger partial charge in [-0.05, 0) is 81.0 Å². The van der Waals surface area contributed by atoms with E-state index in [0.29, 0.717) is 28.1 Å². The number of hydrogen-bond acceptors (Lipinski definition) is 2. The molecule has 226 valence electrons. The van der Waals surface area contributed by atoms with E-state index >= 15 is 0 Å². The van der Waals surface area contributed by atoms with Crippen LogP contribution >= 0.6 is 0 Å². The first-order chi connectivity index (χ1) is 25.5. The lowest BCUT2D eigenvalue weighted by molar-refractivity contribution is 0.670. The van der Waals surface area contributed by atoms with Gasteiger partial charge in [0.05, 0.1) is 5.48 Å². The molecule has 2 heteroatoms. The summed E-state index contributed by atoms with van der Waals surface area (Å²) >= 11 is 0. The van der Waals surface area contributed by atoms with E-state index in [1.54, 1.807) is 6.07 Å². The smallest absolute Gasteiger partial charge is 0.143 e. The van der Waals surface area contributed by atoms with Gasteiger partial charge in [0.25, 0.3) is 0 Å². The van der Waals surface area contributed by atoms with E-state index < -0.39 is 0 Å². The topological polar surface area (TPSA) is 16.4 Å². The van der Waals surface area contributed by atoms with Gasteiger partial charge in [0, 0.05) is 33.4 Å². The van der Waals surface area contributed by atoms with Crippen molar-refractivity contribution in [3.63, 3.8) is 0 Å². The van der Waals surface area contributed by atoms with Gasteiger partial charge in [-0.2, -0.15) is 0 Å². The van der Waals surface area contributed by atoms with E-state index in [1.807, 2.05) is 108 Å². The van der Waals surface area contributed by atoms with E-state index in [1.165, 1.54) is 0 Å². The number of benzene rings is 8. The van der Waals surface area contributed by atoms with Crippen molar-refractivity contribution in [2.45, 2.75) is 0 Å². The predicted molar refractivity (Wildman–Crippen MR) is 202 cm³/mol. The third-order valence-corrected chi connectivity index (χ3v) is 8.97. The molecule has 0 radical (unpaired) electrons. The molecule has 1 heterocycles. The summed E-state index contributed by atoms with van der Waals surface area (Å²) < 4.78 is 43.9. The van der Waals surface area contributed by atoms with Crippen LogP contribution in [0, 0.1) is 0 Å². The minimum absolute atomic E-state index is 0.137. The molecule has 2 nitrogen and oxygen atoms in total. The average molecular weight is 618 g/mol. The second kappa shape index (κ2) is 11.8. The molecular formula is C46H31NO. The molecule has 0 spiro atoms. The van der Waals surface area contributed by atoms with Crippen LogP contribution in [0.1, 0.15) is 5.48 Å². The average Bonchev–Trinajstić information content (AvgIpc) is 3.59. The summed E-state index contributed by atoms with van der Waals surface area (Å²) in [5.41, 5.74) is 7.81. The highest BCUT2D eigenvalue weighted by atomic mass is 16.3. The molecule has 9 aromatic rings. The third-order valence-electron chi connectivity index (χ3n) is 8.97. The van der Waals surface area contributed by atoms with E-state index in [0.717, 1.165) is 43.8 Å². The van der Waals surface area contributed by atoms with E-state index in [4.69, 9.17) is 4.42 Å². The molecule has 8 aromatic carbocycles. The first kappa shape index (κ1) is 23.9. The number of furan rings is 1. The summed E-state index contributed by atoms with van der Waals surface area (Å²) in [6, 6.07) is 53.6. The number of para-hydroxylation sites is 2. The van der Waals surface area contributed by atoms with E-state index in [9.17, 15) is 5.48 Å². The Bertz CT molecular complexity index is 2740. The zero-order valence-electron chi connectivity index (χ0n) is 29.9. The van der Waals surface area contributed by atoms with Crippen LogP contribution in [-0.4, -0.2) is 0 Å². The van der Waals surface area contributed by atoms with Crippen LogP contribution in [0.3, 0.4) is 0 Å². The fourth-order valence-electron chi connectivity index (χ4n) is 6.60. The Hall–Kier alpha value is -6.38. The Morgan fingerprint density at radius 1 is 0.375 bits per heavy atom. The molecule has 1 aromatic heterocycles. The first-order valence-corrected chi connectivity index (χ1v) is 16.0. The maximum atomic E-state index is 9.45. The molecular weight excluding hydrogens is 583 g/mol. The number of rotatable bonds is 6. The first-order valence-electron chi connectivity index (χ1n) is 18.0. The maximum absolute atomic E-state index is 9.45. The van der Waals surface area contributed by atoms with Crippen LogP contribution < -0.4 is 4.90 Å². The van der Waals surface area contributed by atoms with Crippen molar-refractivity contribution in [3.05, 3.63) is 188 Å². The van der Waals surface area contributed by atoms with Gasteiger partial charge in [-0.3, -0.25) is 0 Å². The normalized spacial score (nSPS) is 12.5. The van der Waals surface area contributed by atoms with Crippen molar-refractivity contribution >= 4 is 49.8 Å². The van der Waals surface area contributed by atoms with Crippen LogP contribution in [0.15, 0.2) is 192 Å². The Morgan fingerprint density at radius 3 is 1.71 bits per heavy atom. The van der Waals surface area contributed by atoms with E-state index in [-0.39, 0.29) is 35.4 Å². The Kier molecular flexibility index (Phi) is 5.85. The number of fused-ring (bicyclic) bond motifs is 4. The van der Waals surface area contributed by atoms with Crippen molar-refractivity contribution in [3.8, 4) is 33.4 Å². The summed E-state index contributed by atoms with van der Waals surface area (Å²) in [5.74, 6) is 0. The predicted octanol–water partition coefficient (Wildman–Crippen LogP) is 13.2. The zero-order valence-corrected chi connectivity index (χ0v) is 25.9. The minimum Gasteiger partial charge on any atom is -0.455 e. The van der Waals surface area contributed by atoms with Gasteiger partial charge in [-0.1, -0.05) is 146 Å². The van der Waals surface area contributed by atoms with Crippen LogP contribution in [0.2, 0.25) is 0 Å². The van der Waals surface area contributed by atoms with Crippen molar-refractivity contribution in [2.24, 2.45) is 0 Å². The molecule has 0 unspecified atom stereocenters. The van der Waals surface area contributed by atoms with Crippen molar-refractivity contribution in [1.82, 2.24) is 0 Å². The number of anilines is 3. The lowest BCUT2D eigenvalue weighted by atomic mass is 9.98. The molecule has 9 rings (SSSR count). The van der Waals surface area contributed by atoms with Crippen LogP contribution in [0.25, 0.3) is 66.1 Å². The van der Waals surface area contributed by atoms with Gasteiger partial charge in [-0.15, -0.1) is 0 Å². The minimum atomic E-state index is -0.144. The summed E-state index contributed by atoms with van der Waals surface area (Å²) in [4.78, 5) is 1.83. The number of hydrogen-bond donors (Lipinski definition) is 0. The van der Waals surface area contributed by atoms with Crippen LogP contribution in [0.4, 0.5) is 17.1 Å². The second-order valence-electron chi connectivity index (χ2n) is 11.8. The SMILES string of the molecule is [2H]c1c([2H])c(N(c2ccc(-c3ccccc3)cc2)c2ccc(-c3cccc4ccccc34)cc2)c([2H])c([2H])c1-c1cccc2c1oc1ccccc12. The lowest BCUT2D eigenvalue weighted by Gasteiger charge is -2.26. The molecule has 0 aliphatic carbocycles. The van der Waals surface area contributed by atoms with Crippen molar-refractivity contribution < 1.29 is 9.90 Å². The molecule has 0 aliphatic heterocycles. The zero-order chi connectivity index (χ0) is 35.3. The third kappa shape index (κ3) is 4.92. The quantitative estimate of drug-likeness (QED) is 0.185. The lowest BCUT2D eigenvalue weighted by Crippen LogP contribution is -2.09. The Balaban J connectivity index is 1.22. The highest BCUT2D eigenvalue weighted by Crippen LogP contribution is 2.40. The van der Waals surface area contributed by atoms with Gasteiger partial charge in [0.2, 0.25) is 0 Å². The van der Waals surface area contributed by atoms with Gasteiger partial charge in [0.1, 0.15) is 11.2 Å². The van der Waals surface area contributed by atoms with Crippen molar-refractivity contribution in [1.29, 1.82) is 0 Å². The summed E-state index contributed by atoms with van der Waals surface area (Å²) in [6.45, 7) is 0. The highest BCUT2D eigenvalue weighted by Gasteiger charge is 2.16. The number of nitrogens with zero attached hydrogens (tertiary/aromatic N) is 1. The molecule has 0 saturated heterocycles. The maximum Gasteiger partial charge on any atom is 0.143 e. The summed E-state index contributed by atoms with van der Waals surface area (Å²) in [6.07, 6.45) is 0. The van der Waals surface area contributed by atoms with Gasteiger partial charge < -0.3 is 9.32 Å². The van der Waals surface area contributed by atoms with Gasteiger partial charge >= 0.3 is 0 Å². The fraction of sp³-hybridized carbons (Fsp3) is 0. The van der Waals surface area contributed by atoms with Crippen molar-refractivity contribution in [2.75, 3.05) is 4.90 Å². The van der Waals surface area contributed by atoms with Gasteiger partial charge in [-0.25, -0.2) is 0 Å². The van der Waals surface area contributed by atoms with Gasteiger partial charge in [0.15, 0.2) is 0 Å². The molecule has 0 amide bonds.